The van der Waals surface area contributed by atoms with Crippen molar-refractivity contribution in [2.45, 2.75) is 40.0 Å². The molecule has 6 aromatic carbocycles. The van der Waals surface area contributed by atoms with Gasteiger partial charge >= 0.3 is 68.3 Å². The third kappa shape index (κ3) is 42.4. The Hall–Kier alpha value is -4.76. The zero-order valence-corrected chi connectivity index (χ0v) is 66.2. The SMILES string of the molecule is CC#N.CC#N.CC(=O)[O-].CC(=O)[O-].O.O.O.O.O.O.O.[Cu+2].[Cu+2].[Cu+2].[Cu+2].[O-]c1ccc(Br)cc1C=NCCN1CCN(CCN=Cc2cc(Br)ccc2[O-])C1c1cc(Br)ccc1[O-].[O-]c1ccc(Br)cc1C=NCCN1CCN(CCN=Cc2cc(Br)ccc2[O-])C1c1cc(Br)ccc1[O-]. The molecule has 0 aromatic heterocycles. The topological polar surface area (TPSA) is 549 Å². The fourth-order valence-electron chi connectivity index (χ4n) is 8.51. The van der Waals surface area contributed by atoms with Crippen LogP contribution in [0.5, 0.6) is 34.5 Å². The summed E-state index contributed by atoms with van der Waals surface area (Å²) in [4.78, 5) is 44.6. The van der Waals surface area contributed by atoms with E-state index in [4.69, 9.17) is 30.3 Å². The van der Waals surface area contributed by atoms with Crippen molar-refractivity contribution in [1.29, 1.82) is 10.5 Å². The maximum absolute atomic E-state index is 12.8. The van der Waals surface area contributed by atoms with Crippen LogP contribution in [0.15, 0.2) is 156 Å². The minimum Gasteiger partial charge on any atom is -0.872 e. The van der Waals surface area contributed by atoms with Crippen molar-refractivity contribution in [1.82, 2.24) is 19.6 Å². The number of aliphatic carboxylic acids is 2. The van der Waals surface area contributed by atoms with E-state index in [0.717, 1.165) is 66.9 Å². The first-order chi connectivity index (χ1) is 41.9. The van der Waals surface area contributed by atoms with Gasteiger partial charge in [0.1, 0.15) is 0 Å². The number of hydrogen-bond donors (Lipinski definition) is 0. The van der Waals surface area contributed by atoms with Gasteiger partial charge in [0, 0.05) is 130 Å². The van der Waals surface area contributed by atoms with Gasteiger partial charge < -0.3 is 88.8 Å². The van der Waals surface area contributed by atoms with Crippen molar-refractivity contribution < 1.29 is 157 Å². The number of benzene rings is 6. The number of carboxylic acid groups (broad SMARTS) is 2. The molecule has 0 atom stereocenters. The first kappa shape index (κ1) is 113. The third-order valence-electron chi connectivity index (χ3n) is 12.1. The third-order valence-corrected chi connectivity index (χ3v) is 15.1. The van der Waals surface area contributed by atoms with Crippen molar-refractivity contribution in [2.24, 2.45) is 20.0 Å². The molecule has 99 heavy (non-hydrogen) atoms. The monoisotopic (exact) mass is 1960 g/mol. The molecule has 37 heteroatoms. The van der Waals surface area contributed by atoms with E-state index in [-0.39, 0.29) is 153 Å². The maximum Gasteiger partial charge on any atom is 2.00 e. The molecule has 2 fully saturated rings. The van der Waals surface area contributed by atoms with Crippen LogP contribution in [0.4, 0.5) is 0 Å². The second kappa shape index (κ2) is 61.9. The van der Waals surface area contributed by atoms with Gasteiger partial charge in [-0.3, -0.25) is 39.6 Å². The minimum absolute atomic E-state index is 0. The number of carboxylic acids is 2. The molecule has 0 amide bonds. The molecule has 0 saturated carbocycles. The van der Waals surface area contributed by atoms with Crippen LogP contribution in [0.1, 0.15) is 73.4 Å². The summed E-state index contributed by atoms with van der Waals surface area (Å²) < 4.78 is 5.01. The molecule has 2 aliphatic rings. The van der Waals surface area contributed by atoms with Gasteiger partial charge in [-0.2, -0.15) is 10.5 Å². The second-order valence-electron chi connectivity index (χ2n) is 18.6. The van der Waals surface area contributed by atoms with E-state index < -0.39 is 11.9 Å². The summed E-state index contributed by atoms with van der Waals surface area (Å²) in [7, 11) is 0. The molecule has 8 rings (SSSR count). The van der Waals surface area contributed by atoms with E-state index in [2.05, 4.69) is 135 Å². The Balaban J connectivity index is -0.000000179. The number of rotatable bonds is 18. The Bertz CT molecular complexity index is 3100. The summed E-state index contributed by atoms with van der Waals surface area (Å²) in [5.74, 6) is -2.51. The minimum atomic E-state index is -1.08. The summed E-state index contributed by atoms with van der Waals surface area (Å²) in [6, 6.07) is 33.8. The van der Waals surface area contributed by atoms with Gasteiger partial charge in [0.15, 0.2) is 0 Å². The van der Waals surface area contributed by atoms with Crippen LogP contribution in [0, 0.1) is 22.7 Å². The Morgan fingerprint density at radius 1 is 0.394 bits per heavy atom. The molecule has 27 nitrogen and oxygen atoms in total. The van der Waals surface area contributed by atoms with Crippen LogP contribution in [-0.2, 0) is 77.9 Å². The quantitative estimate of drug-likeness (QED) is 0.0852. The van der Waals surface area contributed by atoms with Crippen molar-refractivity contribution in [3.8, 4) is 46.6 Å². The van der Waals surface area contributed by atoms with Gasteiger partial charge in [-0.25, -0.2) is 0 Å². The molecule has 0 unspecified atom stereocenters. The van der Waals surface area contributed by atoms with Crippen LogP contribution in [0.3, 0.4) is 0 Å². The largest absolute Gasteiger partial charge is 2.00 e. The average molecular weight is 1960 g/mol. The number of halogens is 6. The Morgan fingerprint density at radius 2 is 0.556 bits per heavy atom. The van der Waals surface area contributed by atoms with E-state index in [1.807, 2.05) is 12.1 Å². The smallest absolute Gasteiger partial charge is 0.872 e. The van der Waals surface area contributed by atoms with Crippen LogP contribution in [-0.4, -0.2) is 173 Å². The molecule has 14 N–H and O–H groups in total. The van der Waals surface area contributed by atoms with E-state index in [1.165, 1.54) is 38.1 Å². The molecular weight excluding hydrogens is 1890 g/mol. The molecule has 0 aliphatic carbocycles. The first-order valence-corrected chi connectivity index (χ1v) is 31.4. The summed E-state index contributed by atoms with van der Waals surface area (Å²) in [5.41, 5.74) is 3.53. The Labute approximate surface area is 667 Å². The van der Waals surface area contributed by atoms with Gasteiger partial charge in [0.05, 0.1) is 50.6 Å². The maximum atomic E-state index is 12.8. The Kier molecular flexibility index (Phi) is 70.5. The molecule has 4 radical (unpaired) electrons. The second-order valence-corrected chi connectivity index (χ2v) is 24.0. The number of nitrogens with zero attached hydrogens (tertiary/aromatic N) is 10. The number of hydrogen-bond acceptors (Lipinski definition) is 20. The summed E-state index contributed by atoms with van der Waals surface area (Å²) in [6.07, 6.45) is 6.00. The van der Waals surface area contributed by atoms with Gasteiger partial charge in [-0.1, -0.05) is 155 Å². The summed E-state index contributed by atoms with van der Waals surface area (Å²) in [6.45, 7) is 12.4. The first-order valence-electron chi connectivity index (χ1n) is 26.6. The van der Waals surface area contributed by atoms with Crippen molar-refractivity contribution in [3.05, 3.63) is 169 Å². The van der Waals surface area contributed by atoms with E-state index in [0.29, 0.717) is 85.7 Å². The standard InChI is InChI=1S/2C27H27Br3N4O3.2C2H3N.2C2H4O2.4Cu.7H2O/c2*28-20-1-4-24(35)18(13-20)16-31-7-9-33-11-12-34(27(33)23-15-22(30)3-6-26(23)37)10-8-32-17-19-14-21(29)2-5-25(19)36;2*1-2-3;2*1-2(3)4;;;;;;;;;;;/h2*1-6,13-17,27,35-37H,7-12H2;2*1H3;2*1H3,(H,3,4);;;;;7*1H2/q;;;;;;4*+2;;;;;;;/p-8. The molecule has 0 bridgehead atoms. The molecule has 2 aliphatic heterocycles. The van der Waals surface area contributed by atoms with E-state index >= 15 is 0 Å². The molecule has 6 aromatic rings. The summed E-state index contributed by atoms with van der Waals surface area (Å²) in [5, 5.41) is 106. The molecule has 0 spiro atoms. The number of carbonyl (C=O) groups is 2. The van der Waals surface area contributed by atoms with Gasteiger partial charge in [0.25, 0.3) is 0 Å². The molecule has 2 heterocycles. The fraction of sp³-hybridized carbons (Fsp3) is 0.290. The zero-order chi connectivity index (χ0) is 65.3. The summed E-state index contributed by atoms with van der Waals surface area (Å²) >= 11 is 20.5. The molecular formula is C62H74Br6Cu4N10O17. The van der Waals surface area contributed by atoms with Crippen LogP contribution < -0.4 is 40.9 Å². The van der Waals surface area contributed by atoms with Crippen molar-refractivity contribution in [2.75, 3.05) is 78.5 Å². The average Bonchev–Trinajstić information content (AvgIpc) is 1.70. The van der Waals surface area contributed by atoms with E-state index in [1.54, 1.807) is 110 Å². The predicted octanol–water partition coefficient (Wildman–Crippen LogP) is 0.888. The van der Waals surface area contributed by atoms with Crippen LogP contribution in [0.25, 0.3) is 0 Å². The van der Waals surface area contributed by atoms with Crippen molar-refractivity contribution >= 4 is 132 Å². The number of aliphatic imine (C=N–C) groups is 4. The number of nitriles is 2. The van der Waals surface area contributed by atoms with Gasteiger partial charge in [-0.05, 0) is 120 Å². The van der Waals surface area contributed by atoms with E-state index in [9.17, 15) is 30.6 Å². The van der Waals surface area contributed by atoms with Gasteiger partial charge in [0.2, 0.25) is 0 Å². The molecule has 2 saturated heterocycles. The Morgan fingerprint density at radius 3 is 0.737 bits per heavy atom. The number of carbonyl (C=O) groups excluding carboxylic acids is 2. The van der Waals surface area contributed by atoms with Crippen LogP contribution in [0.2, 0.25) is 0 Å². The predicted molar refractivity (Wildman–Crippen MR) is 372 cm³/mol. The van der Waals surface area contributed by atoms with Gasteiger partial charge in [-0.15, -0.1) is 11.5 Å². The normalized spacial score (nSPS) is 13.3. The van der Waals surface area contributed by atoms with Crippen molar-refractivity contribution in [3.63, 3.8) is 0 Å². The molecule has 560 valence electrons. The zero-order valence-electron chi connectivity index (χ0n) is 52.9. The van der Waals surface area contributed by atoms with Crippen LogP contribution >= 0.6 is 95.6 Å². The fourth-order valence-corrected chi connectivity index (χ4v) is 10.8.